The molecule has 0 saturated heterocycles. The summed E-state index contributed by atoms with van der Waals surface area (Å²) in [7, 11) is 0. The normalized spacial score (nSPS) is 11.0. The first-order valence-electron chi connectivity index (χ1n) is 8.90. The summed E-state index contributed by atoms with van der Waals surface area (Å²) in [5, 5.41) is 5.54. The van der Waals surface area contributed by atoms with E-state index in [0.717, 1.165) is 24.8 Å². The van der Waals surface area contributed by atoms with Crippen LogP contribution in [0.2, 0.25) is 0 Å². The number of aromatic nitrogens is 4. The molecule has 0 radical (unpaired) electrons. The molecule has 0 aliphatic carbocycles. The van der Waals surface area contributed by atoms with Crippen molar-refractivity contribution in [3.05, 3.63) is 57.5 Å². The lowest BCUT2D eigenvalue weighted by molar-refractivity contribution is -0.116. The number of H-pyrrole nitrogens is 1. The highest BCUT2D eigenvalue weighted by molar-refractivity contribution is 5.89. The maximum absolute atomic E-state index is 12.8. The monoisotopic (exact) mass is 353 g/mol. The van der Waals surface area contributed by atoms with Crippen LogP contribution in [0.15, 0.2) is 35.1 Å². The van der Waals surface area contributed by atoms with E-state index in [1.807, 2.05) is 30.3 Å². The number of rotatable bonds is 7. The molecule has 3 rings (SSSR count). The van der Waals surface area contributed by atoms with Gasteiger partial charge in [-0.15, -0.1) is 0 Å². The summed E-state index contributed by atoms with van der Waals surface area (Å²) in [6.45, 7) is 3.89. The second kappa shape index (κ2) is 7.95. The minimum Gasteiger partial charge on any atom is -0.295 e. The Balaban J connectivity index is 1.84. The average molecular weight is 353 g/mol. The van der Waals surface area contributed by atoms with Crippen molar-refractivity contribution in [1.82, 2.24) is 19.6 Å². The van der Waals surface area contributed by atoms with Crippen LogP contribution in [-0.4, -0.2) is 25.5 Å². The van der Waals surface area contributed by atoms with Gasteiger partial charge in [0.2, 0.25) is 11.9 Å². The van der Waals surface area contributed by atoms with Gasteiger partial charge < -0.3 is 0 Å². The molecule has 0 bridgehead atoms. The van der Waals surface area contributed by atoms with Gasteiger partial charge in [-0.1, -0.05) is 50.1 Å². The number of carbonyl (C=O) groups is 1. The van der Waals surface area contributed by atoms with Crippen LogP contribution in [0.5, 0.6) is 0 Å². The second-order valence-electron chi connectivity index (χ2n) is 6.36. The highest BCUT2D eigenvalue weighted by Gasteiger charge is 2.14. The third kappa shape index (κ3) is 3.99. The van der Waals surface area contributed by atoms with Gasteiger partial charge in [-0.05, 0) is 18.9 Å². The van der Waals surface area contributed by atoms with Crippen molar-refractivity contribution in [2.24, 2.45) is 0 Å². The standard InChI is InChI=1S/C19H23N5O2/c1-3-4-6-11-16(25)21-18-22-19-20-13(2)15(17(26)24(19)23-18)12-14-9-7-5-8-10-14/h5,7-10H,3-4,6,11-12H2,1-2H3,(H2,20,21,22,23,25). The van der Waals surface area contributed by atoms with Crippen molar-refractivity contribution < 1.29 is 4.79 Å². The molecule has 0 aliphatic rings. The number of amides is 1. The van der Waals surface area contributed by atoms with Gasteiger partial charge in [-0.3, -0.25) is 20.0 Å². The van der Waals surface area contributed by atoms with E-state index in [1.165, 1.54) is 4.52 Å². The van der Waals surface area contributed by atoms with Crippen LogP contribution in [0.1, 0.15) is 49.4 Å². The van der Waals surface area contributed by atoms with E-state index >= 15 is 0 Å². The van der Waals surface area contributed by atoms with Crippen molar-refractivity contribution in [3.63, 3.8) is 0 Å². The predicted octanol–water partition coefficient (Wildman–Crippen LogP) is 2.84. The summed E-state index contributed by atoms with van der Waals surface area (Å²) >= 11 is 0. The average Bonchev–Trinajstić information content (AvgIpc) is 3.02. The van der Waals surface area contributed by atoms with Gasteiger partial charge in [0.25, 0.3) is 11.3 Å². The molecular formula is C19H23N5O2. The Kier molecular flexibility index (Phi) is 5.46. The van der Waals surface area contributed by atoms with Crippen molar-refractivity contribution in [3.8, 4) is 0 Å². The van der Waals surface area contributed by atoms with Crippen LogP contribution >= 0.6 is 0 Å². The van der Waals surface area contributed by atoms with Crippen molar-refractivity contribution in [1.29, 1.82) is 0 Å². The van der Waals surface area contributed by atoms with Gasteiger partial charge in [0.05, 0.1) is 5.69 Å². The first kappa shape index (κ1) is 17.8. The van der Waals surface area contributed by atoms with Gasteiger partial charge in [0, 0.05) is 18.4 Å². The van der Waals surface area contributed by atoms with E-state index < -0.39 is 0 Å². The molecule has 7 nitrogen and oxygen atoms in total. The second-order valence-corrected chi connectivity index (χ2v) is 6.36. The molecular weight excluding hydrogens is 330 g/mol. The molecule has 2 aromatic heterocycles. The maximum Gasteiger partial charge on any atom is 0.277 e. The van der Waals surface area contributed by atoms with Crippen LogP contribution in [0, 0.1) is 6.92 Å². The number of anilines is 1. The number of hydrogen-bond acceptors (Lipinski definition) is 4. The highest BCUT2D eigenvalue weighted by Crippen LogP contribution is 2.11. The van der Waals surface area contributed by atoms with Gasteiger partial charge in [-0.2, -0.15) is 9.50 Å². The summed E-state index contributed by atoms with van der Waals surface area (Å²) in [6, 6.07) is 9.77. The fourth-order valence-electron chi connectivity index (χ4n) is 2.84. The molecule has 1 amide bonds. The number of unbranched alkanes of at least 4 members (excludes halogenated alkanes) is 2. The molecule has 0 spiro atoms. The molecule has 1 aromatic carbocycles. The Morgan fingerprint density at radius 1 is 1.19 bits per heavy atom. The van der Waals surface area contributed by atoms with Crippen molar-refractivity contribution >= 4 is 17.6 Å². The van der Waals surface area contributed by atoms with E-state index in [1.54, 1.807) is 6.92 Å². The number of benzene rings is 1. The quantitative estimate of drug-likeness (QED) is 0.639. The summed E-state index contributed by atoms with van der Waals surface area (Å²) in [5.74, 6) is 0.382. The first-order valence-corrected chi connectivity index (χ1v) is 8.90. The molecule has 26 heavy (non-hydrogen) atoms. The number of aromatic amines is 1. The first-order chi connectivity index (χ1) is 12.6. The van der Waals surface area contributed by atoms with Crippen LogP contribution in [0.4, 0.5) is 5.95 Å². The lowest BCUT2D eigenvalue weighted by Gasteiger charge is -2.04. The SMILES string of the molecule is CCCCCC(=O)Nc1nc2nc(C)c(Cc3ccccc3)c(=O)n2[nH]1. The van der Waals surface area contributed by atoms with Gasteiger partial charge in [-0.25, -0.2) is 4.98 Å². The summed E-state index contributed by atoms with van der Waals surface area (Å²) < 4.78 is 1.28. The zero-order valence-electron chi connectivity index (χ0n) is 15.1. The minimum absolute atomic E-state index is 0.119. The number of fused-ring (bicyclic) bond motifs is 1. The largest absolute Gasteiger partial charge is 0.295 e. The van der Waals surface area contributed by atoms with Gasteiger partial charge in [0.15, 0.2) is 0 Å². The Morgan fingerprint density at radius 2 is 1.96 bits per heavy atom. The van der Waals surface area contributed by atoms with Crippen LogP contribution in [-0.2, 0) is 11.2 Å². The molecule has 0 atom stereocenters. The third-order valence-corrected chi connectivity index (χ3v) is 4.28. The Bertz CT molecular complexity index is 959. The molecule has 7 heteroatoms. The van der Waals surface area contributed by atoms with E-state index in [-0.39, 0.29) is 23.2 Å². The van der Waals surface area contributed by atoms with Crippen LogP contribution in [0.3, 0.4) is 0 Å². The summed E-state index contributed by atoms with van der Waals surface area (Å²) in [6.07, 6.45) is 3.84. The molecule has 0 fully saturated rings. The molecule has 0 unspecified atom stereocenters. The van der Waals surface area contributed by atoms with E-state index in [4.69, 9.17) is 0 Å². The van der Waals surface area contributed by atoms with Crippen LogP contribution < -0.4 is 10.9 Å². The van der Waals surface area contributed by atoms with Gasteiger partial charge >= 0.3 is 0 Å². The van der Waals surface area contributed by atoms with Gasteiger partial charge in [0.1, 0.15) is 0 Å². The lowest BCUT2D eigenvalue weighted by Crippen LogP contribution is -2.22. The number of aryl methyl sites for hydroxylation is 1. The third-order valence-electron chi connectivity index (χ3n) is 4.28. The lowest BCUT2D eigenvalue weighted by atomic mass is 10.1. The molecule has 0 saturated carbocycles. The van der Waals surface area contributed by atoms with Crippen molar-refractivity contribution in [2.75, 3.05) is 5.32 Å². The van der Waals surface area contributed by atoms with Crippen LogP contribution in [0.25, 0.3) is 5.78 Å². The van der Waals surface area contributed by atoms with E-state index in [0.29, 0.717) is 24.1 Å². The smallest absolute Gasteiger partial charge is 0.277 e. The van der Waals surface area contributed by atoms with E-state index in [2.05, 4.69) is 27.3 Å². The minimum atomic E-state index is -0.199. The number of nitrogens with zero attached hydrogens (tertiary/aromatic N) is 3. The van der Waals surface area contributed by atoms with E-state index in [9.17, 15) is 9.59 Å². The summed E-state index contributed by atoms with van der Waals surface area (Å²) in [5.41, 5.74) is 2.10. The molecule has 2 N–H and O–H groups in total. The highest BCUT2D eigenvalue weighted by atomic mass is 16.2. The molecule has 3 aromatic rings. The zero-order valence-corrected chi connectivity index (χ0v) is 15.1. The maximum atomic E-state index is 12.8. The predicted molar refractivity (Wildman–Crippen MR) is 100 cm³/mol. The Hall–Kier alpha value is -2.96. The molecule has 136 valence electrons. The topological polar surface area (TPSA) is 92.2 Å². The Morgan fingerprint density at radius 3 is 2.69 bits per heavy atom. The number of nitrogens with one attached hydrogen (secondary N) is 2. The number of carbonyl (C=O) groups excluding carboxylic acids is 1. The van der Waals surface area contributed by atoms with Crippen molar-refractivity contribution in [2.45, 2.75) is 46.0 Å². The Labute approximate surface area is 151 Å². The zero-order chi connectivity index (χ0) is 18.5. The fraction of sp³-hybridized carbons (Fsp3) is 0.368. The number of hydrogen-bond donors (Lipinski definition) is 2. The molecule has 2 heterocycles. The molecule has 0 aliphatic heterocycles. The summed E-state index contributed by atoms with van der Waals surface area (Å²) in [4.78, 5) is 33.4. The fourth-order valence-corrected chi connectivity index (χ4v) is 2.84.